The second-order valence-corrected chi connectivity index (χ2v) is 5.36. The van der Waals surface area contributed by atoms with Crippen molar-refractivity contribution in [2.45, 2.75) is 12.5 Å². The van der Waals surface area contributed by atoms with E-state index in [0.717, 1.165) is 5.69 Å². The van der Waals surface area contributed by atoms with E-state index in [9.17, 15) is 5.11 Å². The van der Waals surface area contributed by atoms with Crippen LogP contribution in [0.15, 0.2) is 18.2 Å². The molecule has 1 aromatic carbocycles. The van der Waals surface area contributed by atoms with Gasteiger partial charge in [-0.3, -0.25) is 0 Å². The molecular weight excluding hydrogens is 256 g/mol. The number of hydrogen-bond donors (Lipinski definition) is 2. The molecule has 1 unspecified atom stereocenters. The summed E-state index contributed by atoms with van der Waals surface area (Å²) >= 11 is 7.51. The highest BCUT2D eigenvalue weighted by Crippen LogP contribution is 2.21. The Balaban J connectivity index is 2.65. The van der Waals surface area contributed by atoms with Crippen molar-refractivity contribution in [3.05, 3.63) is 28.8 Å². The summed E-state index contributed by atoms with van der Waals surface area (Å²) in [6.45, 7) is 2.22. The van der Waals surface area contributed by atoms with Gasteiger partial charge in [0.2, 0.25) is 0 Å². The quantitative estimate of drug-likeness (QED) is 0.864. The second kappa shape index (κ2) is 6.15. The third-order valence-corrected chi connectivity index (χ3v) is 3.44. The van der Waals surface area contributed by atoms with Crippen LogP contribution in [0.2, 0.25) is 5.02 Å². The number of aliphatic hydroxyl groups is 1. The molecule has 0 radical (unpaired) electrons. The molecule has 0 amide bonds. The lowest BCUT2D eigenvalue weighted by Gasteiger charge is -2.23. The van der Waals surface area contributed by atoms with Crippen LogP contribution in [0.4, 0.5) is 5.69 Å². The van der Waals surface area contributed by atoms with E-state index in [2.05, 4.69) is 5.32 Å². The summed E-state index contributed by atoms with van der Waals surface area (Å²) in [4.78, 5) is 0. The maximum absolute atomic E-state index is 9.98. The number of nitrogens with one attached hydrogen (secondary N) is 1. The van der Waals surface area contributed by atoms with Crippen LogP contribution in [0.25, 0.3) is 0 Å². The number of benzene rings is 1. The monoisotopic (exact) mass is 270 g/mol. The molecule has 2 N–H and O–H groups in total. The minimum atomic E-state index is -0.764. The topological polar surface area (TPSA) is 56.0 Å². The van der Waals surface area contributed by atoms with Crippen LogP contribution in [0.1, 0.15) is 12.5 Å². The van der Waals surface area contributed by atoms with Gasteiger partial charge in [0.05, 0.1) is 16.2 Å². The van der Waals surface area contributed by atoms with Gasteiger partial charge in [-0.15, -0.1) is 0 Å². The fourth-order valence-electron chi connectivity index (χ4n) is 1.37. The summed E-state index contributed by atoms with van der Waals surface area (Å²) in [5, 5.41) is 22.2. The number of anilines is 1. The van der Waals surface area contributed by atoms with Crippen LogP contribution in [0.5, 0.6) is 0 Å². The molecule has 1 atom stereocenters. The normalized spacial score (nSPS) is 13.8. The van der Waals surface area contributed by atoms with Gasteiger partial charge >= 0.3 is 0 Å². The van der Waals surface area contributed by atoms with Crippen molar-refractivity contribution in [2.75, 3.05) is 23.9 Å². The van der Waals surface area contributed by atoms with E-state index < -0.39 is 5.60 Å². The molecule has 0 aliphatic carbocycles. The molecule has 0 saturated carbocycles. The summed E-state index contributed by atoms with van der Waals surface area (Å²) in [6, 6.07) is 7.13. The first-order chi connectivity index (χ1) is 7.98. The molecule has 92 valence electrons. The molecule has 3 nitrogen and oxygen atoms in total. The van der Waals surface area contributed by atoms with Gasteiger partial charge in [0.1, 0.15) is 6.07 Å². The van der Waals surface area contributed by atoms with Crippen LogP contribution in [0.3, 0.4) is 0 Å². The number of nitriles is 1. The Morgan fingerprint density at radius 1 is 1.59 bits per heavy atom. The minimum Gasteiger partial charge on any atom is -0.387 e. The molecule has 0 saturated heterocycles. The molecule has 17 heavy (non-hydrogen) atoms. The van der Waals surface area contributed by atoms with E-state index >= 15 is 0 Å². The van der Waals surface area contributed by atoms with Gasteiger partial charge in [-0.05, 0) is 31.4 Å². The molecule has 1 aromatic rings. The summed E-state index contributed by atoms with van der Waals surface area (Å²) in [5.41, 5.74) is 0.489. The SMILES string of the molecule is CSCC(C)(O)CNc1ccc(C#N)c(Cl)c1. The predicted molar refractivity (Wildman–Crippen MR) is 73.7 cm³/mol. The first-order valence-electron chi connectivity index (χ1n) is 5.13. The molecule has 1 rings (SSSR count). The zero-order valence-electron chi connectivity index (χ0n) is 9.83. The van der Waals surface area contributed by atoms with Crippen LogP contribution >= 0.6 is 23.4 Å². The molecule has 0 aliphatic heterocycles. The van der Waals surface area contributed by atoms with Gasteiger partial charge in [-0.1, -0.05) is 11.6 Å². The Bertz CT molecular complexity index is 429. The van der Waals surface area contributed by atoms with Gasteiger partial charge in [0, 0.05) is 18.0 Å². The Morgan fingerprint density at radius 2 is 2.29 bits per heavy atom. The molecule has 0 heterocycles. The molecule has 5 heteroatoms. The van der Waals surface area contributed by atoms with Gasteiger partial charge < -0.3 is 10.4 Å². The minimum absolute atomic E-state index is 0.419. The standard InChI is InChI=1S/C12H15ClN2OS/c1-12(16,8-17-2)7-15-10-4-3-9(6-14)11(13)5-10/h3-5,15-16H,7-8H2,1-2H3. The van der Waals surface area contributed by atoms with Crippen LogP contribution < -0.4 is 5.32 Å². The Labute approximate surface area is 111 Å². The van der Waals surface area contributed by atoms with Gasteiger partial charge in [-0.25, -0.2) is 0 Å². The van der Waals surface area contributed by atoms with Crippen molar-refractivity contribution in [1.82, 2.24) is 0 Å². The predicted octanol–water partition coefficient (Wildman–Crippen LogP) is 2.74. The van der Waals surface area contributed by atoms with Crippen molar-refractivity contribution in [1.29, 1.82) is 5.26 Å². The lowest BCUT2D eigenvalue weighted by Crippen LogP contribution is -2.36. The van der Waals surface area contributed by atoms with Crippen molar-refractivity contribution in [2.24, 2.45) is 0 Å². The fraction of sp³-hybridized carbons (Fsp3) is 0.417. The maximum atomic E-state index is 9.98. The van der Waals surface area contributed by atoms with Gasteiger partial charge in [0.15, 0.2) is 0 Å². The smallest absolute Gasteiger partial charge is 0.101 e. The summed E-state index contributed by atoms with van der Waals surface area (Å²) in [7, 11) is 0. The largest absolute Gasteiger partial charge is 0.387 e. The van der Waals surface area contributed by atoms with Crippen LogP contribution in [-0.4, -0.2) is 29.3 Å². The molecule has 0 bridgehead atoms. The first kappa shape index (κ1) is 14.2. The second-order valence-electron chi connectivity index (χ2n) is 4.09. The molecule has 0 spiro atoms. The van der Waals surface area contributed by atoms with Crippen LogP contribution in [0, 0.1) is 11.3 Å². The maximum Gasteiger partial charge on any atom is 0.101 e. The van der Waals surface area contributed by atoms with E-state index in [4.69, 9.17) is 16.9 Å². The molecule has 0 aliphatic rings. The average Bonchev–Trinajstić information content (AvgIpc) is 2.27. The first-order valence-corrected chi connectivity index (χ1v) is 6.90. The zero-order chi connectivity index (χ0) is 12.9. The third kappa shape index (κ3) is 4.47. The van der Waals surface area contributed by atoms with E-state index in [1.807, 2.05) is 12.3 Å². The van der Waals surface area contributed by atoms with Gasteiger partial charge in [0.25, 0.3) is 0 Å². The lowest BCUT2D eigenvalue weighted by molar-refractivity contribution is 0.0997. The van der Waals surface area contributed by atoms with Crippen molar-refractivity contribution >= 4 is 29.1 Å². The Hall–Kier alpha value is -0.890. The van der Waals surface area contributed by atoms with Crippen molar-refractivity contribution in [3.63, 3.8) is 0 Å². The summed E-state index contributed by atoms with van der Waals surface area (Å²) in [5.74, 6) is 0.657. The van der Waals surface area contributed by atoms with Crippen molar-refractivity contribution < 1.29 is 5.11 Å². The molecule has 0 fully saturated rings. The zero-order valence-corrected chi connectivity index (χ0v) is 11.4. The number of halogens is 1. The van der Waals surface area contributed by atoms with Crippen molar-refractivity contribution in [3.8, 4) is 6.07 Å². The Kier molecular flexibility index (Phi) is 5.13. The highest BCUT2D eigenvalue weighted by Gasteiger charge is 2.19. The molecular formula is C12H15ClN2OS. The summed E-state index contributed by atoms with van der Waals surface area (Å²) < 4.78 is 0. The lowest BCUT2D eigenvalue weighted by atomic mass is 10.1. The van der Waals surface area contributed by atoms with E-state index in [-0.39, 0.29) is 0 Å². The fourth-order valence-corrected chi connectivity index (χ4v) is 2.32. The van der Waals surface area contributed by atoms with Gasteiger partial charge in [-0.2, -0.15) is 17.0 Å². The highest BCUT2D eigenvalue weighted by molar-refractivity contribution is 7.98. The van der Waals surface area contributed by atoms with E-state index in [0.29, 0.717) is 22.9 Å². The number of thioether (sulfide) groups is 1. The van der Waals surface area contributed by atoms with Crippen LogP contribution in [-0.2, 0) is 0 Å². The number of rotatable bonds is 5. The summed E-state index contributed by atoms with van der Waals surface area (Å²) in [6.07, 6.45) is 1.95. The third-order valence-electron chi connectivity index (χ3n) is 2.22. The number of hydrogen-bond acceptors (Lipinski definition) is 4. The van der Waals surface area contributed by atoms with E-state index in [1.165, 1.54) is 0 Å². The van der Waals surface area contributed by atoms with E-state index in [1.54, 1.807) is 36.9 Å². The Morgan fingerprint density at radius 3 is 2.82 bits per heavy atom. The molecule has 0 aromatic heterocycles. The average molecular weight is 271 g/mol. The number of nitrogens with zero attached hydrogens (tertiary/aromatic N) is 1. The highest BCUT2D eigenvalue weighted by atomic mass is 35.5.